The van der Waals surface area contributed by atoms with Crippen molar-refractivity contribution in [1.29, 1.82) is 0 Å². The molecule has 0 aliphatic carbocycles. The molecule has 55 heavy (non-hydrogen) atoms. The van der Waals surface area contributed by atoms with Gasteiger partial charge < -0.3 is 53.6 Å². The Morgan fingerprint density at radius 2 is 0.873 bits per heavy atom. The average molecular weight is 759 g/mol. The maximum atomic E-state index is 13.7. The van der Waals surface area contributed by atoms with Crippen LogP contribution in [0.2, 0.25) is 0 Å². The van der Waals surface area contributed by atoms with Crippen molar-refractivity contribution in [3.8, 4) is 0 Å². The van der Waals surface area contributed by atoms with Crippen LogP contribution in [-0.4, -0.2) is 119 Å². The van der Waals surface area contributed by atoms with Crippen molar-refractivity contribution in [3.63, 3.8) is 0 Å². The molecule has 0 saturated carbocycles. The zero-order valence-corrected chi connectivity index (χ0v) is 29.0. The van der Waals surface area contributed by atoms with E-state index in [0.717, 1.165) is 0 Å². The quantitative estimate of drug-likeness (QED) is 0.120. The minimum absolute atomic E-state index is 0.0809. The molecule has 15 heteroatoms. The summed E-state index contributed by atoms with van der Waals surface area (Å²) in [5.74, 6) is -3.50. The van der Waals surface area contributed by atoms with Gasteiger partial charge in [0.1, 0.15) is 37.1 Å². The van der Waals surface area contributed by atoms with E-state index in [0.29, 0.717) is 0 Å². The lowest BCUT2D eigenvalue weighted by Gasteiger charge is -2.45. The summed E-state index contributed by atoms with van der Waals surface area (Å²) >= 11 is 0. The van der Waals surface area contributed by atoms with E-state index in [-0.39, 0.29) is 22.3 Å². The first-order chi connectivity index (χ1) is 26.6. The Morgan fingerprint density at radius 3 is 1.35 bits per heavy atom. The standard InChI is InChI=1S/C40H38O15/c41-29-27(51-39(48)31(43)30(29)42)21-50-40-34(55-38(47)26-19-11-4-12-20-26)33(54-37(46)25-17-9-3-10-18-25)32(53-36(45)24-15-7-2-8-16-24)28(52-40)22-49-35(44)23-13-5-1-6-14-23/h1-20,27-34,39-43,48H,21-22H2/t27-,28-,29-,30+,31-,32-,33+,34-,39?,40-/m1/s1. The molecule has 6 rings (SSSR count). The van der Waals surface area contributed by atoms with Crippen LogP contribution in [0, 0.1) is 0 Å². The molecule has 2 fully saturated rings. The molecule has 0 radical (unpaired) electrons. The fraction of sp³-hybridized carbons (Fsp3) is 0.300. The number of aliphatic hydroxyl groups is 4. The Balaban J connectivity index is 1.39. The summed E-state index contributed by atoms with van der Waals surface area (Å²) in [6, 6.07) is 31.4. The Bertz CT molecular complexity index is 1880. The van der Waals surface area contributed by atoms with E-state index in [1.165, 1.54) is 48.5 Å². The lowest BCUT2D eigenvalue weighted by Crippen LogP contribution is -2.64. The summed E-state index contributed by atoms with van der Waals surface area (Å²) in [7, 11) is 0. The average Bonchev–Trinajstić information content (AvgIpc) is 3.22. The molecule has 0 bridgehead atoms. The van der Waals surface area contributed by atoms with E-state index in [4.69, 9.17) is 33.2 Å². The zero-order chi connectivity index (χ0) is 38.9. The SMILES string of the molecule is O=C(OC[C@H]1O[C@@H](OC[C@H]2OC(O)[C@H](O)[C@@H](O)[C@@H]2O)[C@H](OC(=O)c2ccccc2)[C@@H](OC(=O)c2ccccc2)[C@@H]1OC(=O)c1ccccc1)c1ccccc1. The predicted octanol–water partition coefficient (Wildman–Crippen LogP) is 2.06. The van der Waals surface area contributed by atoms with Gasteiger partial charge in [0, 0.05) is 0 Å². The van der Waals surface area contributed by atoms with Crippen molar-refractivity contribution in [2.45, 2.75) is 61.4 Å². The third-order valence-corrected chi connectivity index (χ3v) is 8.85. The fourth-order valence-corrected chi connectivity index (χ4v) is 5.92. The van der Waals surface area contributed by atoms with Gasteiger partial charge in [0.05, 0.1) is 28.9 Å². The topological polar surface area (TPSA) is 214 Å². The van der Waals surface area contributed by atoms with Crippen LogP contribution in [0.4, 0.5) is 0 Å². The van der Waals surface area contributed by atoms with Crippen molar-refractivity contribution in [2.75, 3.05) is 13.2 Å². The lowest BCUT2D eigenvalue weighted by molar-refractivity contribution is -0.324. The van der Waals surface area contributed by atoms with Gasteiger partial charge in [-0.3, -0.25) is 0 Å². The minimum Gasteiger partial charge on any atom is -0.459 e. The molecule has 2 saturated heterocycles. The monoisotopic (exact) mass is 758 g/mol. The smallest absolute Gasteiger partial charge is 0.338 e. The summed E-state index contributed by atoms with van der Waals surface area (Å²) in [5.41, 5.74) is 0.459. The van der Waals surface area contributed by atoms with Crippen LogP contribution in [0.15, 0.2) is 121 Å². The van der Waals surface area contributed by atoms with E-state index in [1.54, 1.807) is 72.8 Å². The predicted molar refractivity (Wildman–Crippen MR) is 187 cm³/mol. The summed E-state index contributed by atoms with van der Waals surface area (Å²) in [6.07, 6.45) is -17.0. The second-order valence-corrected chi connectivity index (χ2v) is 12.6. The minimum atomic E-state index is -1.91. The van der Waals surface area contributed by atoms with E-state index in [9.17, 15) is 39.6 Å². The molecule has 1 unspecified atom stereocenters. The van der Waals surface area contributed by atoms with Crippen molar-refractivity contribution in [1.82, 2.24) is 0 Å². The molecule has 288 valence electrons. The third kappa shape index (κ3) is 9.59. The second-order valence-electron chi connectivity index (χ2n) is 12.6. The Hall–Kier alpha value is -5.52. The zero-order valence-electron chi connectivity index (χ0n) is 29.0. The number of carbonyl (C=O) groups excluding carboxylic acids is 4. The Kier molecular flexibility index (Phi) is 13.0. The summed E-state index contributed by atoms with van der Waals surface area (Å²) in [4.78, 5) is 54.1. The van der Waals surface area contributed by atoms with E-state index < -0.39 is 98.5 Å². The molecule has 4 aromatic carbocycles. The molecule has 2 aliphatic heterocycles. The number of ether oxygens (including phenoxy) is 7. The van der Waals surface area contributed by atoms with E-state index >= 15 is 0 Å². The number of hydrogen-bond donors (Lipinski definition) is 4. The number of carbonyl (C=O) groups is 4. The number of benzene rings is 4. The molecular formula is C40H38O15. The fourth-order valence-electron chi connectivity index (χ4n) is 5.92. The van der Waals surface area contributed by atoms with Gasteiger partial charge in [-0.25, -0.2) is 19.2 Å². The molecular weight excluding hydrogens is 720 g/mol. The van der Waals surface area contributed by atoms with Gasteiger partial charge in [-0.05, 0) is 48.5 Å². The maximum absolute atomic E-state index is 13.7. The normalized spacial score (nSPS) is 27.6. The molecule has 4 N–H and O–H groups in total. The Labute approximate surface area is 314 Å². The van der Waals surface area contributed by atoms with Crippen LogP contribution < -0.4 is 0 Å². The highest BCUT2D eigenvalue weighted by Gasteiger charge is 2.54. The van der Waals surface area contributed by atoms with Gasteiger partial charge in [-0.2, -0.15) is 0 Å². The highest BCUT2D eigenvalue weighted by atomic mass is 16.7. The molecule has 0 spiro atoms. The molecule has 10 atom stereocenters. The van der Waals surface area contributed by atoms with Gasteiger partial charge in [-0.1, -0.05) is 72.8 Å². The first kappa shape index (κ1) is 39.2. The van der Waals surface area contributed by atoms with Crippen molar-refractivity contribution in [2.24, 2.45) is 0 Å². The molecule has 0 aromatic heterocycles. The van der Waals surface area contributed by atoms with Crippen molar-refractivity contribution in [3.05, 3.63) is 144 Å². The number of esters is 4. The number of aliphatic hydroxyl groups excluding tert-OH is 4. The van der Waals surface area contributed by atoms with Crippen LogP contribution >= 0.6 is 0 Å². The summed E-state index contributed by atoms with van der Waals surface area (Å²) in [5, 5.41) is 41.0. The van der Waals surface area contributed by atoms with E-state index in [2.05, 4.69) is 0 Å². The first-order valence-corrected chi connectivity index (χ1v) is 17.3. The summed E-state index contributed by atoms with van der Waals surface area (Å²) < 4.78 is 41.0. The second kappa shape index (κ2) is 18.2. The molecule has 2 heterocycles. The maximum Gasteiger partial charge on any atom is 0.338 e. The van der Waals surface area contributed by atoms with Gasteiger partial charge in [-0.15, -0.1) is 0 Å². The highest BCUT2D eigenvalue weighted by Crippen LogP contribution is 2.32. The molecule has 15 nitrogen and oxygen atoms in total. The van der Waals surface area contributed by atoms with Gasteiger partial charge >= 0.3 is 23.9 Å². The van der Waals surface area contributed by atoms with E-state index in [1.807, 2.05) is 0 Å². The summed E-state index contributed by atoms with van der Waals surface area (Å²) in [6.45, 7) is -1.26. The van der Waals surface area contributed by atoms with Crippen LogP contribution in [0.3, 0.4) is 0 Å². The Morgan fingerprint density at radius 1 is 0.455 bits per heavy atom. The van der Waals surface area contributed by atoms with Crippen molar-refractivity contribution >= 4 is 23.9 Å². The van der Waals surface area contributed by atoms with Crippen LogP contribution in [0.1, 0.15) is 41.4 Å². The van der Waals surface area contributed by atoms with Crippen LogP contribution in [-0.2, 0) is 33.2 Å². The van der Waals surface area contributed by atoms with Crippen LogP contribution in [0.5, 0.6) is 0 Å². The van der Waals surface area contributed by atoms with Gasteiger partial charge in [0.15, 0.2) is 30.9 Å². The third-order valence-electron chi connectivity index (χ3n) is 8.85. The van der Waals surface area contributed by atoms with Gasteiger partial charge in [0.25, 0.3) is 0 Å². The largest absolute Gasteiger partial charge is 0.459 e. The van der Waals surface area contributed by atoms with Gasteiger partial charge in [0.2, 0.25) is 0 Å². The lowest BCUT2D eigenvalue weighted by atomic mass is 9.97. The number of hydrogen-bond acceptors (Lipinski definition) is 15. The number of rotatable bonds is 12. The molecule has 0 amide bonds. The highest BCUT2D eigenvalue weighted by molar-refractivity contribution is 5.91. The molecule has 4 aromatic rings. The van der Waals surface area contributed by atoms with Crippen molar-refractivity contribution < 1.29 is 72.8 Å². The first-order valence-electron chi connectivity index (χ1n) is 17.3. The van der Waals surface area contributed by atoms with Crippen LogP contribution in [0.25, 0.3) is 0 Å². The molecule has 2 aliphatic rings.